The van der Waals surface area contributed by atoms with Crippen LogP contribution in [0, 0.1) is 35.8 Å². The molecule has 2 fully saturated rings. The summed E-state index contributed by atoms with van der Waals surface area (Å²) in [5.74, 6) is 1.54. The topological polar surface area (TPSA) is 129 Å². The lowest BCUT2D eigenvalue weighted by Crippen LogP contribution is -2.38. The number of aryl methyl sites for hydroxylation is 1. The highest BCUT2D eigenvalue weighted by Crippen LogP contribution is 2.28. The molecule has 0 N–H and O–H groups in total. The molecule has 1 aliphatic heterocycles. The summed E-state index contributed by atoms with van der Waals surface area (Å²) in [5.41, 5.74) is 9.34. The predicted octanol–water partition coefficient (Wildman–Crippen LogP) is 14.7. The maximum Gasteiger partial charge on any atom is 0.126 e. The summed E-state index contributed by atoms with van der Waals surface area (Å²) in [6.07, 6.45) is 2.79. The maximum absolute atomic E-state index is 12.5. The van der Waals surface area contributed by atoms with Crippen LogP contribution in [0.25, 0.3) is 0 Å². The number of nitrogens with zero attached hydrogens (tertiary/aromatic N) is 2. The first kappa shape index (κ1) is 75.5. The molecule has 0 amide bonds. The van der Waals surface area contributed by atoms with Crippen LogP contribution in [0.2, 0.25) is 5.02 Å². The van der Waals surface area contributed by atoms with Crippen LogP contribution in [0.15, 0.2) is 170 Å². The molecule has 7 aromatic rings. The van der Waals surface area contributed by atoms with Gasteiger partial charge >= 0.3 is 0 Å². The number of benzene rings is 7. The van der Waals surface area contributed by atoms with Crippen molar-refractivity contribution in [3.63, 3.8) is 0 Å². The molecule has 0 spiro atoms. The monoisotopic (exact) mass is 1210 g/mol. The van der Waals surface area contributed by atoms with E-state index in [9.17, 15) is 8.78 Å². The average molecular weight is 1210 g/mol. The molecule has 1 aliphatic carbocycles. The summed E-state index contributed by atoms with van der Waals surface area (Å²) in [5, 5.41) is 9.30. The van der Waals surface area contributed by atoms with Crippen LogP contribution in [-0.4, -0.2) is 115 Å². The minimum atomic E-state index is -0.572. The Morgan fingerprint density at radius 1 is 0.477 bits per heavy atom. The second kappa shape index (κ2) is 49.5. The van der Waals surface area contributed by atoms with E-state index in [0.717, 1.165) is 96.8 Å². The number of hydrogen-bond donors (Lipinski definition) is 0. The Kier molecular flexibility index (Phi) is 43.4. The van der Waals surface area contributed by atoms with Gasteiger partial charge in [0.15, 0.2) is 0 Å². The van der Waals surface area contributed by atoms with Crippen LogP contribution in [0.3, 0.4) is 0 Å². The minimum absolute atomic E-state index is 0.231. The van der Waals surface area contributed by atoms with Crippen molar-refractivity contribution in [2.75, 3.05) is 110 Å². The van der Waals surface area contributed by atoms with Gasteiger partial charge in [0, 0.05) is 94.2 Å². The Morgan fingerprint density at radius 2 is 0.942 bits per heavy atom. The molecule has 0 aromatic heterocycles. The third kappa shape index (κ3) is 38.4. The first-order valence-corrected chi connectivity index (χ1v) is 28.6. The van der Waals surface area contributed by atoms with Crippen molar-refractivity contribution in [2.24, 2.45) is 5.92 Å². The first-order valence-electron chi connectivity index (χ1n) is 28.2. The Labute approximate surface area is 516 Å². The van der Waals surface area contributed by atoms with Crippen LogP contribution in [0.4, 0.5) is 8.78 Å². The zero-order valence-corrected chi connectivity index (χ0v) is 52.8. The molecule has 0 unspecified atom stereocenters. The first-order chi connectivity index (χ1) is 41.8. The number of hydrogen-bond acceptors (Lipinski definition) is 13. The van der Waals surface area contributed by atoms with E-state index in [1.54, 1.807) is 62.9 Å². The fourth-order valence-corrected chi connectivity index (χ4v) is 7.57. The van der Waals surface area contributed by atoms with Gasteiger partial charge in [-0.05, 0) is 125 Å². The quantitative estimate of drug-likeness (QED) is 0.0678. The van der Waals surface area contributed by atoms with Gasteiger partial charge < -0.3 is 52.1 Å². The summed E-state index contributed by atoms with van der Waals surface area (Å²) >= 11 is 5.67. The van der Waals surface area contributed by atoms with Crippen molar-refractivity contribution in [1.82, 2.24) is 4.90 Å². The van der Waals surface area contributed by atoms with Gasteiger partial charge in [-0.3, -0.25) is 4.90 Å². The molecule has 0 bridgehead atoms. The van der Waals surface area contributed by atoms with E-state index in [1.165, 1.54) is 48.8 Å². The van der Waals surface area contributed by atoms with E-state index in [-0.39, 0.29) is 6.61 Å². The van der Waals surface area contributed by atoms with Gasteiger partial charge in [0.05, 0.1) is 78.2 Å². The minimum Gasteiger partial charge on any atom is -0.497 e. The Hall–Kier alpha value is -6.62. The van der Waals surface area contributed by atoms with E-state index in [4.69, 9.17) is 69.0 Å². The van der Waals surface area contributed by atoms with Crippen molar-refractivity contribution >= 4 is 11.6 Å². The molecular formula is C70H91ClF2N2O11. The molecule has 2 aliphatic rings. The molecule has 468 valence electrons. The fraction of sp³-hybridized carbons (Fsp3) is 0.386. The maximum atomic E-state index is 12.5. The zero-order valence-electron chi connectivity index (χ0n) is 52.1. The van der Waals surface area contributed by atoms with Crippen molar-refractivity contribution in [3.8, 4) is 17.6 Å². The van der Waals surface area contributed by atoms with Crippen molar-refractivity contribution in [2.45, 2.75) is 66.0 Å². The third-order valence-corrected chi connectivity index (χ3v) is 12.3. The number of rotatable bonds is 21. The fourth-order valence-electron chi connectivity index (χ4n) is 7.44. The highest BCUT2D eigenvalue weighted by molar-refractivity contribution is 6.30. The second-order valence-electron chi connectivity index (χ2n) is 19.4. The van der Waals surface area contributed by atoms with Gasteiger partial charge in [-0.25, -0.2) is 8.78 Å². The normalized spacial score (nSPS) is 12.0. The van der Waals surface area contributed by atoms with Gasteiger partial charge in [-0.1, -0.05) is 120 Å². The van der Waals surface area contributed by atoms with Crippen LogP contribution in [0.5, 0.6) is 11.5 Å². The summed E-state index contributed by atoms with van der Waals surface area (Å²) in [7, 11) is 15.0. The smallest absolute Gasteiger partial charge is 0.126 e. The van der Waals surface area contributed by atoms with Crippen LogP contribution < -0.4 is 9.47 Å². The second-order valence-corrected chi connectivity index (χ2v) is 19.9. The number of halogens is 3. The average Bonchev–Trinajstić information content (AvgIpc) is 4.42. The molecule has 0 atom stereocenters. The summed E-state index contributed by atoms with van der Waals surface area (Å²) < 4.78 is 80.2. The Morgan fingerprint density at radius 3 is 1.42 bits per heavy atom. The van der Waals surface area contributed by atoms with Crippen LogP contribution in [-0.2, 0) is 88.9 Å². The van der Waals surface area contributed by atoms with Gasteiger partial charge in [-0.2, -0.15) is 5.26 Å². The molecule has 1 saturated heterocycles. The number of methoxy groups -OCH3 is 9. The zero-order chi connectivity index (χ0) is 62.8. The van der Waals surface area contributed by atoms with E-state index in [1.807, 2.05) is 109 Å². The standard InChI is InChI=1S/C15H16O2.C9H9NO.C9H12O2.C9H12O.C8H9ClO.C8H8F2O.C7H15NO2.C5H10O/c1-16-11-14-8-5-9-15(10-14)17-12-13-6-3-2-4-7-13;1-11-7-9-4-2-3-8(5-9)6-10;1-10-7-8-3-5-9(11-2)6-4-8;1-8-3-5-9(6-4-8)7-10-2;1-10-6-7-2-4-8(9)5-3-7;1-11-5-6-2-7(9)4-8(10)3-6;1-9-5-2-8-3-6-10-7-4-8;1-6-4-5-2-3-5/h2-10H,11-12H2,1H3;2-5H,7H2,1H3;3-6H,7H2,1-2H3;3-6H,7H2,1-2H3;2-5H,6H2,1H3;2-4H,5H2,1H3;2-7H2,1H3;5H,2-4H2,1H3. The SMILES string of the molecule is COCC1CC1.COCCN1CCOCC1.COCc1cc(F)cc(F)c1.COCc1ccc(C)cc1.COCc1ccc(Cl)cc1.COCc1ccc(OC)cc1.COCc1cccc(C#N)c1.COCc1cccc(OCc2ccccc2)c1. The molecule has 9 rings (SSSR count). The number of morpholine rings is 1. The van der Waals surface area contributed by atoms with Gasteiger partial charge in [0.1, 0.15) is 29.7 Å². The van der Waals surface area contributed by atoms with Gasteiger partial charge in [0.25, 0.3) is 0 Å². The van der Waals surface area contributed by atoms with Crippen LogP contribution in [0.1, 0.15) is 62.9 Å². The number of nitriles is 1. The lowest BCUT2D eigenvalue weighted by Gasteiger charge is -2.25. The predicted molar refractivity (Wildman–Crippen MR) is 338 cm³/mol. The van der Waals surface area contributed by atoms with E-state index >= 15 is 0 Å². The summed E-state index contributed by atoms with van der Waals surface area (Å²) in [4.78, 5) is 2.35. The lowest BCUT2D eigenvalue weighted by atomic mass is 10.1. The van der Waals surface area contributed by atoms with E-state index in [2.05, 4.69) is 54.3 Å². The Balaban J connectivity index is 0.000000339. The summed E-state index contributed by atoms with van der Waals surface area (Å²) in [6.45, 7) is 12.8. The summed E-state index contributed by atoms with van der Waals surface area (Å²) in [6, 6.07) is 54.7. The molecular weight excluding hydrogens is 1120 g/mol. The third-order valence-electron chi connectivity index (χ3n) is 12.0. The van der Waals surface area contributed by atoms with E-state index in [0.29, 0.717) is 50.8 Å². The van der Waals surface area contributed by atoms with Crippen molar-refractivity contribution < 1.29 is 60.9 Å². The Bertz CT molecular complexity index is 2710. The van der Waals surface area contributed by atoms with Crippen LogP contribution >= 0.6 is 11.6 Å². The number of ether oxygens (including phenoxy) is 11. The van der Waals surface area contributed by atoms with Gasteiger partial charge in [-0.15, -0.1) is 0 Å². The lowest BCUT2D eigenvalue weighted by molar-refractivity contribution is 0.0263. The molecule has 16 heteroatoms. The van der Waals surface area contributed by atoms with Crippen molar-refractivity contribution in [1.29, 1.82) is 5.26 Å². The molecule has 0 radical (unpaired) electrons. The van der Waals surface area contributed by atoms with Crippen molar-refractivity contribution in [3.05, 3.63) is 237 Å². The molecule has 7 aromatic carbocycles. The highest BCUT2D eigenvalue weighted by atomic mass is 35.5. The van der Waals surface area contributed by atoms with E-state index < -0.39 is 11.6 Å². The van der Waals surface area contributed by atoms with Gasteiger partial charge in [0.2, 0.25) is 0 Å². The largest absolute Gasteiger partial charge is 0.497 e. The molecule has 1 heterocycles. The highest BCUT2D eigenvalue weighted by Gasteiger charge is 2.20. The molecule has 86 heavy (non-hydrogen) atoms. The molecule has 13 nitrogen and oxygen atoms in total. The molecule has 1 saturated carbocycles.